The van der Waals surface area contributed by atoms with Crippen molar-refractivity contribution in [2.24, 2.45) is 0 Å². The van der Waals surface area contributed by atoms with Crippen molar-refractivity contribution in [2.45, 2.75) is 44.8 Å². The molecule has 1 heterocycles. The number of hydrogen-bond acceptors (Lipinski definition) is 1. The lowest BCUT2D eigenvalue weighted by molar-refractivity contribution is -0.142. The van der Waals surface area contributed by atoms with Crippen LogP contribution < -0.4 is 0 Å². The summed E-state index contributed by atoms with van der Waals surface area (Å²) in [6, 6.07) is 0.166. The third kappa shape index (κ3) is 2.01. The van der Waals surface area contributed by atoms with Crippen LogP contribution in [0.3, 0.4) is 0 Å². The van der Waals surface area contributed by atoms with Gasteiger partial charge < -0.3 is 0 Å². The van der Waals surface area contributed by atoms with Crippen LogP contribution in [0.4, 0.5) is 13.2 Å². The molecule has 2 rings (SSSR count). The first-order chi connectivity index (χ1) is 6.98. The average molecular weight is 218 g/mol. The number of alkyl halides is 3. The maximum atomic E-state index is 12.5. The quantitative estimate of drug-likeness (QED) is 0.707. The van der Waals surface area contributed by atoms with Gasteiger partial charge in [-0.3, -0.25) is 4.68 Å². The zero-order chi connectivity index (χ0) is 11.1. The van der Waals surface area contributed by atoms with E-state index in [0.717, 1.165) is 25.7 Å². The predicted molar refractivity (Wildman–Crippen MR) is 49.5 cm³/mol. The Kier molecular flexibility index (Phi) is 2.48. The fraction of sp³-hybridized carbons (Fsp3) is 0.700. The molecule has 1 aromatic rings. The first-order valence-corrected chi connectivity index (χ1v) is 5.11. The number of nitrogens with zero attached hydrogens (tertiary/aromatic N) is 2. The van der Waals surface area contributed by atoms with Crippen LogP contribution in [0.2, 0.25) is 0 Å². The molecule has 84 valence electrons. The summed E-state index contributed by atoms with van der Waals surface area (Å²) in [6.45, 7) is 1.46. The molecule has 0 aliphatic heterocycles. The topological polar surface area (TPSA) is 17.8 Å². The van der Waals surface area contributed by atoms with Crippen molar-refractivity contribution >= 4 is 0 Å². The SMILES string of the molecule is Cc1cn(C2CCCC2)nc1C(F)(F)F. The van der Waals surface area contributed by atoms with E-state index in [4.69, 9.17) is 0 Å². The highest BCUT2D eigenvalue weighted by Crippen LogP contribution is 2.34. The maximum Gasteiger partial charge on any atom is 0.435 e. The largest absolute Gasteiger partial charge is 0.435 e. The van der Waals surface area contributed by atoms with Gasteiger partial charge in [0.1, 0.15) is 0 Å². The molecule has 0 spiro atoms. The lowest BCUT2D eigenvalue weighted by Gasteiger charge is -2.09. The summed E-state index contributed by atoms with van der Waals surface area (Å²) in [5.41, 5.74) is -0.524. The molecular weight excluding hydrogens is 205 g/mol. The minimum absolute atomic E-state index is 0.166. The molecule has 5 heteroatoms. The Labute approximate surface area is 86.1 Å². The molecule has 2 nitrogen and oxygen atoms in total. The van der Waals surface area contributed by atoms with Crippen LogP contribution >= 0.6 is 0 Å². The second-order valence-corrected chi connectivity index (χ2v) is 4.08. The van der Waals surface area contributed by atoms with Gasteiger partial charge >= 0.3 is 6.18 Å². The number of aryl methyl sites for hydroxylation is 1. The summed E-state index contributed by atoms with van der Waals surface area (Å²) >= 11 is 0. The normalized spacial score (nSPS) is 18.7. The summed E-state index contributed by atoms with van der Waals surface area (Å²) in [5.74, 6) is 0. The molecule has 0 amide bonds. The van der Waals surface area contributed by atoms with Crippen molar-refractivity contribution in [3.8, 4) is 0 Å². The van der Waals surface area contributed by atoms with Crippen LogP contribution in [-0.2, 0) is 6.18 Å². The first-order valence-electron chi connectivity index (χ1n) is 5.11. The molecule has 1 aliphatic rings. The Balaban J connectivity index is 2.28. The highest BCUT2D eigenvalue weighted by molar-refractivity contribution is 5.18. The predicted octanol–water partition coefficient (Wildman–Crippen LogP) is 3.33. The lowest BCUT2D eigenvalue weighted by atomic mass is 10.2. The Bertz CT molecular complexity index is 348. The Hall–Kier alpha value is -1.00. The molecule has 1 aliphatic carbocycles. The summed E-state index contributed by atoms with van der Waals surface area (Å²) < 4.78 is 38.9. The highest BCUT2D eigenvalue weighted by atomic mass is 19.4. The summed E-state index contributed by atoms with van der Waals surface area (Å²) in [6.07, 6.45) is 1.25. The maximum absolute atomic E-state index is 12.5. The Morgan fingerprint density at radius 3 is 2.40 bits per heavy atom. The summed E-state index contributed by atoms with van der Waals surface area (Å²) in [4.78, 5) is 0. The van der Waals surface area contributed by atoms with E-state index in [1.165, 1.54) is 17.8 Å². The molecule has 0 atom stereocenters. The monoisotopic (exact) mass is 218 g/mol. The van der Waals surface area contributed by atoms with Crippen LogP contribution in [0.25, 0.3) is 0 Å². The molecule has 0 unspecified atom stereocenters. The van der Waals surface area contributed by atoms with Crippen LogP contribution in [0.5, 0.6) is 0 Å². The highest BCUT2D eigenvalue weighted by Gasteiger charge is 2.36. The fourth-order valence-corrected chi connectivity index (χ4v) is 2.12. The van der Waals surface area contributed by atoms with Gasteiger partial charge in [0, 0.05) is 6.20 Å². The Morgan fingerprint density at radius 1 is 1.33 bits per heavy atom. The van der Waals surface area contributed by atoms with Gasteiger partial charge in [0.15, 0.2) is 5.69 Å². The van der Waals surface area contributed by atoms with E-state index in [-0.39, 0.29) is 11.6 Å². The van der Waals surface area contributed by atoms with Gasteiger partial charge in [-0.05, 0) is 25.3 Å². The van der Waals surface area contributed by atoms with Crippen molar-refractivity contribution in [3.05, 3.63) is 17.5 Å². The summed E-state index contributed by atoms with van der Waals surface area (Å²) in [5, 5.41) is 3.65. The molecule has 1 saturated carbocycles. The zero-order valence-electron chi connectivity index (χ0n) is 8.51. The van der Waals surface area contributed by atoms with Crippen LogP contribution in [0.15, 0.2) is 6.20 Å². The molecule has 0 aromatic carbocycles. The smallest absolute Gasteiger partial charge is 0.269 e. The van der Waals surface area contributed by atoms with Crippen LogP contribution in [0.1, 0.15) is 43.0 Å². The van der Waals surface area contributed by atoms with E-state index in [9.17, 15) is 13.2 Å². The van der Waals surface area contributed by atoms with E-state index in [1.807, 2.05) is 0 Å². The number of halogens is 3. The molecule has 0 saturated heterocycles. The standard InChI is InChI=1S/C10H13F3N2/c1-7-6-15(8-4-2-3-5-8)14-9(7)10(11,12)13/h6,8H,2-5H2,1H3. The van der Waals surface area contributed by atoms with E-state index < -0.39 is 11.9 Å². The van der Waals surface area contributed by atoms with E-state index in [1.54, 1.807) is 0 Å². The van der Waals surface area contributed by atoms with Crippen molar-refractivity contribution in [1.82, 2.24) is 9.78 Å². The van der Waals surface area contributed by atoms with Gasteiger partial charge in [0.05, 0.1) is 6.04 Å². The van der Waals surface area contributed by atoms with Gasteiger partial charge in [-0.15, -0.1) is 0 Å². The van der Waals surface area contributed by atoms with Gasteiger partial charge in [0.25, 0.3) is 0 Å². The summed E-state index contributed by atoms with van der Waals surface area (Å²) in [7, 11) is 0. The van der Waals surface area contributed by atoms with Crippen molar-refractivity contribution < 1.29 is 13.2 Å². The molecule has 1 aromatic heterocycles. The zero-order valence-corrected chi connectivity index (χ0v) is 8.51. The number of hydrogen-bond donors (Lipinski definition) is 0. The van der Waals surface area contributed by atoms with E-state index >= 15 is 0 Å². The van der Waals surface area contributed by atoms with Crippen molar-refractivity contribution in [3.63, 3.8) is 0 Å². The van der Waals surface area contributed by atoms with Crippen LogP contribution in [-0.4, -0.2) is 9.78 Å². The number of rotatable bonds is 1. The van der Waals surface area contributed by atoms with Gasteiger partial charge in [-0.2, -0.15) is 18.3 Å². The van der Waals surface area contributed by atoms with Gasteiger partial charge in [-0.25, -0.2) is 0 Å². The molecule has 15 heavy (non-hydrogen) atoms. The third-order valence-electron chi connectivity index (χ3n) is 2.88. The first kappa shape index (κ1) is 10.5. The van der Waals surface area contributed by atoms with Gasteiger partial charge in [0.2, 0.25) is 0 Å². The minimum Gasteiger partial charge on any atom is -0.269 e. The molecule has 0 radical (unpaired) electrons. The minimum atomic E-state index is -4.33. The molecule has 1 fully saturated rings. The molecule has 0 bridgehead atoms. The number of aromatic nitrogens is 2. The Morgan fingerprint density at radius 2 is 1.93 bits per heavy atom. The third-order valence-corrected chi connectivity index (χ3v) is 2.88. The molecule has 0 N–H and O–H groups in total. The fourth-order valence-electron chi connectivity index (χ4n) is 2.12. The van der Waals surface area contributed by atoms with Crippen molar-refractivity contribution in [2.75, 3.05) is 0 Å². The van der Waals surface area contributed by atoms with Crippen molar-refractivity contribution in [1.29, 1.82) is 0 Å². The van der Waals surface area contributed by atoms with Crippen LogP contribution in [0, 0.1) is 6.92 Å². The molecular formula is C10H13F3N2. The lowest BCUT2D eigenvalue weighted by Crippen LogP contribution is -2.11. The van der Waals surface area contributed by atoms with E-state index in [2.05, 4.69) is 5.10 Å². The second kappa shape index (κ2) is 3.54. The van der Waals surface area contributed by atoms with E-state index in [0.29, 0.717) is 0 Å². The average Bonchev–Trinajstić information content (AvgIpc) is 2.68. The van der Waals surface area contributed by atoms with Gasteiger partial charge in [-0.1, -0.05) is 12.8 Å². The second-order valence-electron chi connectivity index (χ2n) is 4.08.